The van der Waals surface area contributed by atoms with Crippen LogP contribution in [-0.4, -0.2) is 5.78 Å². The summed E-state index contributed by atoms with van der Waals surface area (Å²) in [6.07, 6.45) is 13.3. The first-order valence-corrected chi connectivity index (χ1v) is 18.3. The fourth-order valence-corrected chi connectivity index (χ4v) is 4.91. The van der Waals surface area contributed by atoms with Crippen LogP contribution in [0.4, 0.5) is 17.6 Å². The van der Waals surface area contributed by atoms with Gasteiger partial charge in [-0.1, -0.05) is 83.4 Å². The minimum absolute atomic E-state index is 0. The Bertz CT molecular complexity index is 1470. The molecule has 1 radical (unpaired) electrons. The molecule has 287 valence electrons. The number of hydrogen-bond donors (Lipinski definition) is 0. The number of halogens is 4. The molecular weight excluding hydrogens is 735 g/mol. The number of aryl methyl sites for hydroxylation is 1. The molecule has 3 aromatic rings. The summed E-state index contributed by atoms with van der Waals surface area (Å²) < 4.78 is 58.0. The van der Waals surface area contributed by atoms with Crippen LogP contribution in [0.2, 0.25) is 0 Å². The van der Waals surface area contributed by atoms with Crippen LogP contribution in [0.1, 0.15) is 125 Å². The molecule has 2 nitrogen and oxygen atoms in total. The fourth-order valence-electron chi connectivity index (χ4n) is 4.91. The van der Waals surface area contributed by atoms with E-state index in [1.807, 2.05) is 110 Å². The van der Waals surface area contributed by atoms with Crippen molar-refractivity contribution in [2.75, 3.05) is 0 Å². The Morgan fingerprint density at radius 1 is 0.981 bits per heavy atom. The van der Waals surface area contributed by atoms with Crippen LogP contribution >= 0.6 is 0 Å². The first kappa shape index (κ1) is 53.7. The number of pyridine rings is 1. The second kappa shape index (κ2) is 31.8. The first-order chi connectivity index (χ1) is 24.4. The second-order valence-electron chi connectivity index (χ2n) is 11.5. The minimum Gasteiger partial charge on any atom is -0.346 e. The molecule has 0 aliphatic heterocycles. The van der Waals surface area contributed by atoms with Crippen molar-refractivity contribution in [2.45, 2.75) is 120 Å². The zero-order chi connectivity index (χ0) is 39.4. The number of alkyl halides is 3. The first-order valence-electron chi connectivity index (χ1n) is 18.3. The van der Waals surface area contributed by atoms with E-state index in [-0.39, 0.29) is 43.7 Å². The number of nitrogens with zero attached hydrogens (tertiary/aromatic N) is 1. The molecule has 1 fully saturated rings. The summed E-state index contributed by atoms with van der Waals surface area (Å²) in [5.41, 5.74) is 1.93. The Balaban J connectivity index is -0.000000842. The molecule has 4 rings (SSSR count). The van der Waals surface area contributed by atoms with Gasteiger partial charge in [-0.25, -0.2) is 8.96 Å². The summed E-state index contributed by atoms with van der Waals surface area (Å²) in [5.74, 6) is 0.237. The smallest absolute Gasteiger partial charge is 0.346 e. The number of benzene rings is 2. The number of aromatic nitrogens is 1. The molecule has 0 N–H and O–H groups in total. The van der Waals surface area contributed by atoms with E-state index in [0.717, 1.165) is 49.3 Å². The Hall–Kier alpha value is -2.70. The number of allylic oxidation sites excluding steroid dienone is 8. The zero-order valence-electron chi connectivity index (χ0n) is 33.8. The maximum atomic E-state index is 14.2. The SMILES string of the molecule is C/C=C\C.CC.CCC(=O)C1CCC1.CC\C=C(C)/C(=C\C=C(\C)CCC)c1c[n+](C)c2ccc(F)cc2c1C(F)(F)F.[CH2-]C.[Y].[c-]1ccccc1. The predicted molar refractivity (Wildman–Crippen MR) is 212 cm³/mol. The van der Waals surface area contributed by atoms with Crippen LogP contribution in [0.15, 0.2) is 96.3 Å². The average Bonchev–Trinajstić information content (AvgIpc) is 3.10. The molecule has 1 aliphatic rings. The molecule has 1 aromatic heterocycles. The van der Waals surface area contributed by atoms with E-state index in [2.05, 4.69) is 19.9 Å². The van der Waals surface area contributed by atoms with Gasteiger partial charge in [0.05, 0.1) is 16.5 Å². The molecule has 0 unspecified atom stereocenters. The molecule has 0 saturated heterocycles. The van der Waals surface area contributed by atoms with Crippen molar-refractivity contribution >= 4 is 22.3 Å². The van der Waals surface area contributed by atoms with Crippen LogP contribution < -0.4 is 4.57 Å². The van der Waals surface area contributed by atoms with Gasteiger partial charge in [-0.2, -0.15) is 56.5 Å². The van der Waals surface area contributed by atoms with E-state index in [4.69, 9.17) is 0 Å². The van der Waals surface area contributed by atoms with Gasteiger partial charge in [-0.3, -0.25) is 4.79 Å². The van der Waals surface area contributed by atoms with Crippen LogP contribution in [0.25, 0.3) is 16.5 Å². The van der Waals surface area contributed by atoms with Gasteiger partial charge in [0.2, 0.25) is 5.52 Å². The molecule has 7 heteroatoms. The summed E-state index contributed by atoms with van der Waals surface area (Å²) in [7, 11) is 1.68. The number of ketones is 1. The van der Waals surface area contributed by atoms with Crippen LogP contribution in [0.5, 0.6) is 0 Å². The quantitative estimate of drug-likeness (QED) is 0.0731. The molecule has 1 aliphatic carbocycles. The van der Waals surface area contributed by atoms with Crippen molar-refractivity contribution < 1.29 is 59.6 Å². The summed E-state index contributed by atoms with van der Waals surface area (Å²) in [6, 6.07) is 16.0. The van der Waals surface area contributed by atoms with Crippen molar-refractivity contribution in [2.24, 2.45) is 13.0 Å². The Kier molecular flexibility index (Phi) is 32.8. The molecule has 1 heterocycles. The zero-order valence-corrected chi connectivity index (χ0v) is 36.6. The standard InChI is InChI=1S/C24H28F4N.C7H12O.C6H5.C4H8.C2H6.C2H5.Y/c1-6-8-16(3)10-12-19(17(4)9-7-2)21-15-29(5)22-13-11-18(25)14-20(22)23(21)24(26,27)28;1-2-7(8)6-4-3-5-6;1-2-4-6-5-3-1;1-3-4-2;2*1-2;/h9-15H,6-8H2,1-5H3;6H,2-5H2,1H3;1-5H;3-4H,1-2H3;1-2H3;1H2,2H3;/q+1;;-1;;;-1;/b16-10-,17-9-,19-12+;;;4-3-;;;. The van der Waals surface area contributed by atoms with Gasteiger partial charge in [0, 0.05) is 51.1 Å². The van der Waals surface area contributed by atoms with E-state index in [0.29, 0.717) is 29.2 Å². The third-order valence-corrected chi connectivity index (χ3v) is 7.74. The van der Waals surface area contributed by atoms with E-state index in [9.17, 15) is 22.4 Å². The van der Waals surface area contributed by atoms with E-state index in [1.165, 1.54) is 24.8 Å². The van der Waals surface area contributed by atoms with Gasteiger partial charge in [0.15, 0.2) is 6.20 Å². The molecule has 1 saturated carbocycles. The normalized spacial score (nSPS) is 12.8. The van der Waals surface area contributed by atoms with Gasteiger partial charge >= 0.3 is 6.18 Å². The maximum Gasteiger partial charge on any atom is 0.418 e. The number of hydrogen-bond acceptors (Lipinski definition) is 1. The fraction of sp³-hybridized carbons (Fsp3) is 0.444. The predicted octanol–water partition coefficient (Wildman–Crippen LogP) is 14.0. The van der Waals surface area contributed by atoms with Gasteiger partial charge in [0.25, 0.3) is 0 Å². The molecule has 0 amide bonds. The second-order valence-corrected chi connectivity index (χ2v) is 11.5. The Labute approximate surface area is 339 Å². The molecule has 0 atom stereocenters. The van der Waals surface area contributed by atoms with E-state index >= 15 is 0 Å². The minimum atomic E-state index is -4.62. The Morgan fingerprint density at radius 2 is 1.56 bits per heavy atom. The average molecular weight is 800 g/mol. The van der Waals surface area contributed by atoms with Crippen LogP contribution in [-0.2, 0) is 50.7 Å². The third-order valence-electron chi connectivity index (χ3n) is 7.74. The van der Waals surface area contributed by atoms with Gasteiger partial charge in [-0.15, -0.1) is 0 Å². The molecular formula is C45H64F4NOY-. The van der Waals surface area contributed by atoms with E-state index in [1.54, 1.807) is 24.6 Å². The van der Waals surface area contributed by atoms with Gasteiger partial charge in [-0.05, 0) is 76.7 Å². The van der Waals surface area contributed by atoms with Crippen LogP contribution in [0, 0.1) is 24.7 Å². The van der Waals surface area contributed by atoms with Gasteiger partial charge < -0.3 is 6.92 Å². The van der Waals surface area contributed by atoms with Crippen molar-refractivity contribution in [3.05, 3.63) is 126 Å². The van der Waals surface area contributed by atoms with Crippen molar-refractivity contribution in [1.82, 2.24) is 0 Å². The number of carbonyl (C=O) groups excluding carboxylic acids is 1. The number of rotatable bonds is 8. The molecule has 0 bridgehead atoms. The summed E-state index contributed by atoms with van der Waals surface area (Å²) in [4.78, 5) is 10.8. The summed E-state index contributed by atoms with van der Waals surface area (Å²) >= 11 is 0. The monoisotopic (exact) mass is 799 g/mol. The van der Waals surface area contributed by atoms with E-state index < -0.39 is 17.6 Å². The topological polar surface area (TPSA) is 20.9 Å². The summed E-state index contributed by atoms with van der Waals surface area (Å²) in [5, 5.41) is -0.137. The van der Waals surface area contributed by atoms with Crippen LogP contribution in [0.3, 0.4) is 0 Å². The number of fused-ring (bicyclic) bond motifs is 1. The molecule has 0 spiro atoms. The summed E-state index contributed by atoms with van der Waals surface area (Å²) in [6.45, 7) is 22.7. The van der Waals surface area contributed by atoms with Crippen molar-refractivity contribution in [3.63, 3.8) is 0 Å². The maximum absolute atomic E-state index is 14.2. The van der Waals surface area contributed by atoms with Crippen molar-refractivity contribution in [3.8, 4) is 0 Å². The van der Waals surface area contributed by atoms with Gasteiger partial charge in [0.1, 0.15) is 18.6 Å². The van der Waals surface area contributed by atoms with Crippen molar-refractivity contribution in [1.29, 1.82) is 0 Å². The number of carbonyl (C=O) groups is 1. The number of Topliss-reactive ketones (excluding diaryl/α,β-unsaturated/α-hetero) is 1. The molecule has 52 heavy (non-hydrogen) atoms. The third kappa shape index (κ3) is 20.5. The largest absolute Gasteiger partial charge is 0.418 e. The molecule has 2 aromatic carbocycles. The Morgan fingerprint density at radius 3 is 1.92 bits per heavy atom.